The predicted molar refractivity (Wildman–Crippen MR) is 77.9 cm³/mol. The van der Waals surface area contributed by atoms with E-state index in [1.165, 1.54) is 0 Å². The van der Waals surface area contributed by atoms with Crippen molar-refractivity contribution < 1.29 is 0 Å². The van der Waals surface area contributed by atoms with Crippen LogP contribution in [0.4, 0.5) is 0 Å². The van der Waals surface area contributed by atoms with Crippen LogP contribution in [0.15, 0.2) is 84.5 Å². The lowest BCUT2D eigenvalue weighted by atomic mass is 10.1. The van der Waals surface area contributed by atoms with Crippen molar-refractivity contribution >= 4 is 17.7 Å². The van der Waals surface area contributed by atoms with Crippen molar-refractivity contribution in [2.45, 2.75) is 0 Å². The molecule has 0 aliphatic rings. The van der Waals surface area contributed by atoms with E-state index < -0.39 is 0 Å². The third kappa shape index (κ3) is 5.74. The van der Waals surface area contributed by atoms with Crippen LogP contribution in [0.5, 0.6) is 0 Å². The summed E-state index contributed by atoms with van der Waals surface area (Å²) < 4.78 is 0. The van der Waals surface area contributed by atoms with Gasteiger partial charge in [0.15, 0.2) is 0 Å². The Morgan fingerprint density at radius 3 is 2.41 bits per heavy atom. The molecule has 1 rings (SSSR count). The first kappa shape index (κ1) is 13.3. The van der Waals surface area contributed by atoms with Gasteiger partial charge in [-0.25, -0.2) is 0 Å². The lowest BCUT2D eigenvalue weighted by molar-refractivity contribution is 1.63. The van der Waals surface area contributed by atoms with Gasteiger partial charge in [0.25, 0.3) is 0 Å². The molecule has 0 heterocycles. The van der Waals surface area contributed by atoms with Crippen molar-refractivity contribution in [2.24, 2.45) is 0 Å². The van der Waals surface area contributed by atoms with Crippen LogP contribution in [-0.4, -0.2) is 0 Å². The van der Waals surface area contributed by atoms with E-state index in [4.69, 9.17) is 11.6 Å². The summed E-state index contributed by atoms with van der Waals surface area (Å²) in [5.41, 5.74) is 2.12. The Morgan fingerprint density at radius 1 is 1.12 bits per heavy atom. The minimum atomic E-state index is 0.506. The number of rotatable bonds is 5. The predicted octanol–water partition coefficient (Wildman–Crippen LogP) is 5.12. The fourth-order valence-corrected chi connectivity index (χ4v) is 1.39. The summed E-state index contributed by atoms with van der Waals surface area (Å²) in [4.78, 5) is 0. The molecule has 0 nitrogen and oxygen atoms in total. The molecule has 0 aliphatic carbocycles. The summed E-state index contributed by atoms with van der Waals surface area (Å²) >= 11 is 5.77. The second-order valence-electron chi connectivity index (χ2n) is 3.43. The van der Waals surface area contributed by atoms with Crippen molar-refractivity contribution in [3.8, 4) is 0 Å². The average molecular weight is 243 g/mol. The summed E-state index contributed by atoms with van der Waals surface area (Å²) in [6, 6.07) is 10.1. The van der Waals surface area contributed by atoms with Crippen molar-refractivity contribution in [3.63, 3.8) is 0 Å². The SMILES string of the molecule is C=CC=CC(C=Cc1ccccc1)=CC(=C)Cl. The summed E-state index contributed by atoms with van der Waals surface area (Å²) in [5, 5.41) is 0.506. The van der Waals surface area contributed by atoms with Gasteiger partial charge in [-0.1, -0.05) is 85.5 Å². The van der Waals surface area contributed by atoms with Gasteiger partial charge in [0.1, 0.15) is 0 Å². The Hall–Kier alpha value is -1.79. The van der Waals surface area contributed by atoms with E-state index >= 15 is 0 Å². The molecular weight excluding hydrogens is 228 g/mol. The maximum absolute atomic E-state index is 5.77. The fourth-order valence-electron chi connectivity index (χ4n) is 1.27. The molecule has 86 valence electrons. The second-order valence-corrected chi connectivity index (χ2v) is 3.92. The molecule has 0 spiro atoms. The van der Waals surface area contributed by atoms with Crippen LogP contribution >= 0.6 is 11.6 Å². The van der Waals surface area contributed by atoms with Crippen LogP contribution < -0.4 is 0 Å². The zero-order valence-electron chi connectivity index (χ0n) is 9.64. The molecule has 0 N–H and O–H groups in total. The molecule has 0 saturated heterocycles. The van der Waals surface area contributed by atoms with Crippen LogP contribution in [0.2, 0.25) is 0 Å². The van der Waals surface area contributed by atoms with Gasteiger partial charge in [0, 0.05) is 5.03 Å². The second kappa shape index (κ2) is 7.48. The van der Waals surface area contributed by atoms with Gasteiger partial charge >= 0.3 is 0 Å². The van der Waals surface area contributed by atoms with E-state index in [1.54, 1.807) is 12.2 Å². The Morgan fingerprint density at radius 2 is 1.82 bits per heavy atom. The van der Waals surface area contributed by atoms with Crippen molar-refractivity contribution in [2.75, 3.05) is 0 Å². The van der Waals surface area contributed by atoms with E-state index in [-0.39, 0.29) is 0 Å². The minimum absolute atomic E-state index is 0.506. The van der Waals surface area contributed by atoms with E-state index in [1.807, 2.05) is 54.6 Å². The highest BCUT2D eigenvalue weighted by molar-refractivity contribution is 6.30. The quantitative estimate of drug-likeness (QED) is 0.629. The molecule has 0 aliphatic heterocycles. The molecule has 0 atom stereocenters. The lowest BCUT2D eigenvalue weighted by Gasteiger charge is -1.95. The third-order valence-electron chi connectivity index (χ3n) is 2.02. The molecule has 1 aromatic rings. The number of hydrogen-bond acceptors (Lipinski definition) is 0. The molecule has 0 bridgehead atoms. The zero-order chi connectivity index (χ0) is 12.5. The summed E-state index contributed by atoms with van der Waals surface area (Å²) in [6.07, 6.45) is 11.3. The third-order valence-corrected chi connectivity index (χ3v) is 2.12. The van der Waals surface area contributed by atoms with Gasteiger partial charge in [-0.2, -0.15) is 0 Å². The Bertz CT molecular complexity index is 462. The molecule has 0 fully saturated rings. The van der Waals surface area contributed by atoms with Crippen LogP contribution in [0, 0.1) is 0 Å². The van der Waals surface area contributed by atoms with Crippen molar-refractivity contribution in [1.29, 1.82) is 0 Å². The highest BCUT2D eigenvalue weighted by Gasteiger charge is 1.88. The largest absolute Gasteiger partial charge is 0.0991 e. The van der Waals surface area contributed by atoms with Gasteiger partial charge in [0.2, 0.25) is 0 Å². The topological polar surface area (TPSA) is 0 Å². The monoisotopic (exact) mass is 242 g/mol. The molecular formula is C16H15Cl. The normalized spacial score (nSPS) is 12.2. The van der Waals surface area contributed by atoms with Crippen LogP contribution in [0.3, 0.4) is 0 Å². The molecule has 0 aromatic heterocycles. The van der Waals surface area contributed by atoms with Gasteiger partial charge in [-0.05, 0) is 17.2 Å². The number of halogens is 1. The smallest absolute Gasteiger partial charge is 0.0340 e. The van der Waals surface area contributed by atoms with E-state index in [2.05, 4.69) is 13.2 Å². The highest BCUT2D eigenvalue weighted by Crippen LogP contribution is 2.10. The van der Waals surface area contributed by atoms with E-state index in [0.29, 0.717) is 5.03 Å². The number of hydrogen-bond donors (Lipinski definition) is 0. The maximum atomic E-state index is 5.77. The first-order valence-electron chi connectivity index (χ1n) is 5.30. The maximum Gasteiger partial charge on any atom is 0.0340 e. The number of allylic oxidation sites excluding steroid dienone is 7. The van der Waals surface area contributed by atoms with E-state index in [9.17, 15) is 0 Å². The summed E-state index contributed by atoms with van der Waals surface area (Å²) in [5.74, 6) is 0. The van der Waals surface area contributed by atoms with Crippen LogP contribution in [0.1, 0.15) is 5.56 Å². The van der Waals surface area contributed by atoms with Gasteiger partial charge in [0.05, 0.1) is 0 Å². The first-order valence-corrected chi connectivity index (χ1v) is 5.68. The molecule has 1 heteroatoms. The molecule has 17 heavy (non-hydrogen) atoms. The standard InChI is InChI=1S/C16H15Cl/c1-3-4-8-16(13-14(2)17)12-11-15-9-6-5-7-10-15/h3-13H,1-2H2. The fraction of sp³-hybridized carbons (Fsp3) is 0. The number of benzene rings is 1. The minimum Gasteiger partial charge on any atom is -0.0991 e. The lowest BCUT2D eigenvalue weighted by Crippen LogP contribution is -1.74. The average Bonchev–Trinajstić information content (AvgIpc) is 2.33. The molecule has 1 aromatic carbocycles. The van der Waals surface area contributed by atoms with Gasteiger partial charge < -0.3 is 0 Å². The van der Waals surface area contributed by atoms with Gasteiger partial charge in [-0.15, -0.1) is 0 Å². The molecule has 0 unspecified atom stereocenters. The van der Waals surface area contributed by atoms with Gasteiger partial charge in [-0.3, -0.25) is 0 Å². The highest BCUT2D eigenvalue weighted by atomic mass is 35.5. The summed E-state index contributed by atoms with van der Waals surface area (Å²) in [7, 11) is 0. The molecule has 0 amide bonds. The van der Waals surface area contributed by atoms with E-state index in [0.717, 1.165) is 11.1 Å². The molecule has 0 radical (unpaired) electrons. The van der Waals surface area contributed by atoms with Crippen LogP contribution in [0.25, 0.3) is 6.08 Å². The zero-order valence-corrected chi connectivity index (χ0v) is 10.4. The Labute approximate surface area is 108 Å². The Kier molecular flexibility index (Phi) is 5.84. The van der Waals surface area contributed by atoms with Crippen LogP contribution in [-0.2, 0) is 0 Å². The molecule has 0 saturated carbocycles. The summed E-state index contributed by atoms with van der Waals surface area (Å²) in [6.45, 7) is 7.29. The van der Waals surface area contributed by atoms with Crippen molar-refractivity contribution in [3.05, 3.63) is 90.0 Å². The Balaban J connectivity index is 2.87. The van der Waals surface area contributed by atoms with Crippen molar-refractivity contribution in [1.82, 2.24) is 0 Å². The first-order chi connectivity index (χ1) is 8.22.